The molecule has 2 aromatic rings. The van der Waals surface area contributed by atoms with Gasteiger partial charge in [0, 0.05) is 29.9 Å². The Morgan fingerprint density at radius 3 is 2.43 bits per heavy atom. The summed E-state index contributed by atoms with van der Waals surface area (Å²) < 4.78 is 0. The van der Waals surface area contributed by atoms with Crippen LogP contribution in [0.15, 0.2) is 30.3 Å². The van der Waals surface area contributed by atoms with Gasteiger partial charge in [0.2, 0.25) is 17.7 Å². The lowest BCUT2D eigenvalue weighted by Gasteiger charge is -2.38. The first-order valence-electron chi connectivity index (χ1n) is 14.5. The van der Waals surface area contributed by atoms with Crippen LogP contribution in [-0.4, -0.2) is 76.4 Å². The Balaban J connectivity index is 1.59. The number of H-pyrrole nitrogens is 1. The van der Waals surface area contributed by atoms with Crippen LogP contribution in [0.3, 0.4) is 0 Å². The number of ketones is 1. The van der Waals surface area contributed by atoms with E-state index in [0.717, 1.165) is 10.9 Å². The van der Waals surface area contributed by atoms with Gasteiger partial charge in [0.05, 0.1) is 11.9 Å². The molecule has 1 aromatic carbocycles. The van der Waals surface area contributed by atoms with Crippen molar-refractivity contribution in [3.8, 4) is 0 Å². The average molecular weight is 600 g/mol. The minimum absolute atomic E-state index is 0.0509. The lowest BCUT2D eigenvalue weighted by molar-refractivity contribution is -0.144. The third-order valence-corrected chi connectivity index (χ3v) is 9.23. The Morgan fingerprint density at radius 1 is 1.14 bits per heavy atom. The Kier molecular flexibility index (Phi) is 9.06. The SMILES string of the molecule is C[C@@H]1CN(C(=O)[C@@H](NC(=O)c2cc3ccccc3[nH]2)C(C)(C)C)[C@H](C(=O)N[C@@H](C[C@@H]2CCNC2=O)C(=O)CCl)C1(C)C. The molecule has 1 aromatic heterocycles. The molecule has 5 atom stereocenters. The van der Waals surface area contributed by atoms with Gasteiger partial charge in [0.1, 0.15) is 17.8 Å². The Morgan fingerprint density at radius 2 is 1.83 bits per heavy atom. The fourth-order valence-corrected chi connectivity index (χ4v) is 6.18. The zero-order chi connectivity index (χ0) is 31.0. The van der Waals surface area contributed by atoms with Gasteiger partial charge in [-0.05, 0) is 41.7 Å². The molecule has 3 heterocycles. The number of likely N-dealkylation sites (tertiary alicyclic amines) is 1. The maximum atomic E-state index is 14.3. The molecule has 2 aliphatic heterocycles. The van der Waals surface area contributed by atoms with Gasteiger partial charge in [-0.2, -0.15) is 0 Å². The number of rotatable bonds is 9. The third kappa shape index (κ3) is 6.33. The van der Waals surface area contributed by atoms with Crippen LogP contribution in [0, 0.1) is 22.7 Å². The molecule has 0 unspecified atom stereocenters. The molecule has 0 bridgehead atoms. The van der Waals surface area contributed by atoms with Gasteiger partial charge in [-0.15, -0.1) is 11.6 Å². The summed E-state index contributed by atoms with van der Waals surface area (Å²) in [6.45, 7) is 12.2. The van der Waals surface area contributed by atoms with Crippen molar-refractivity contribution >= 4 is 51.9 Å². The van der Waals surface area contributed by atoms with Crippen LogP contribution in [0.1, 0.15) is 64.9 Å². The Hall–Kier alpha value is -3.40. The summed E-state index contributed by atoms with van der Waals surface area (Å²) in [7, 11) is 0. The van der Waals surface area contributed by atoms with Crippen molar-refractivity contribution in [2.45, 2.75) is 72.5 Å². The van der Waals surface area contributed by atoms with Gasteiger partial charge in [-0.25, -0.2) is 0 Å². The lowest BCUT2D eigenvalue weighted by Crippen LogP contribution is -2.60. The molecule has 0 radical (unpaired) electrons. The first-order valence-corrected chi connectivity index (χ1v) is 15.0. The minimum atomic E-state index is -0.951. The highest BCUT2D eigenvalue weighted by Crippen LogP contribution is 2.42. The van der Waals surface area contributed by atoms with Crippen molar-refractivity contribution in [1.82, 2.24) is 25.8 Å². The summed E-state index contributed by atoms with van der Waals surface area (Å²) in [5.74, 6) is -2.57. The quantitative estimate of drug-likeness (QED) is 0.328. The molecule has 2 fully saturated rings. The second kappa shape index (κ2) is 12.1. The topological polar surface area (TPSA) is 140 Å². The first kappa shape index (κ1) is 31.5. The number of carbonyl (C=O) groups excluding carboxylic acids is 5. The van der Waals surface area contributed by atoms with Crippen LogP contribution in [0.5, 0.6) is 0 Å². The number of benzene rings is 1. The molecule has 10 nitrogen and oxygen atoms in total. The predicted molar refractivity (Wildman–Crippen MR) is 161 cm³/mol. The molecule has 0 saturated carbocycles. The van der Waals surface area contributed by atoms with Gasteiger partial charge in [-0.3, -0.25) is 24.0 Å². The van der Waals surface area contributed by atoms with Crippen LogP contribution < -0.4 is 16.0 Å². The van der Waals surface area contributed by atoms with Crippen LogP contribution in [0.2, 0.25) is 0 Å². The van der Waals surface area contributed by atoms with Crippen LogP contribution in [0.25, 0.3) is 10.9 Å². The van der Waals surface area contributed by atoms with E-state index in [0.29, 0.717) is 25.2 Å². The molecule has 2 aliphatic rings. The van der Waals surface area contributed by atoms with Crippen LogP contribution in [0.4, 0.5) is 0 Å². The molecular weight excluding hydrogens is 558 g/mol. The van der Waals surface area contributed by atoms with E-state index in [-0.39, 0.29) is 35.8 Å². The van der Waals surface area contributed by atoms with E-state index in [1.54, 1.807) is 6.07 Å². The van der Waals surface area contributed by atoms with E-state index >= 15 is 0 Å². The van der Waals surface area contributed by atoms with Crippen molar-refractivity contribution in [3.05, 3.63) is 36.0 Å². The first-order chi connectivity index (χ1) is 19.6. The highest BCUT2D eigenvalue weighted by Gasteiger charge is 2.54. The van der Waals surface area contributed by atoms with Crippen molar-refractivity contribution in [1.29, 1.82) is 0 Å². The van der Waals surface area contributed by atoms with Crippen LogP contribution >= 0.6 is 11.6 Å². The number of amides is 4. The molecule has 11 heteroatoms. The van der Waals surface area contributed by atoms with Crippen molar-refractivity contribution in [3.63, 3.8) is 0 Å². The smallest absolute Gasteiger partial charge is 0.268 e. The van der Waals surface area contributed by atoms with E-state index in [1.165, 1.54) is 4.90 Å². The number of fused-ring (bicyclic) bond motifs is 1. The molecule has 4 amide bonds. The van der Waals surface area contributed by atoms with Crippen molar-refractivity contribution < 1.29 is 24.0 Å². The summed E-state index contributed by atoms with van der Waals surface area (Å²) >= 11 is 5.88. The highest BCUT2D eigenvalue weighted by atomic mass is 35.5. The maximum Gasteiger partial charge on any atom is 0.268 e. The molecule has 2 saturated heterocycles. The predicted octanol–water partition coefficient (Wildman–Crippen LogP) is 3.00. The normalized spacial score (nSPS) is 23.4. The maximum absolute atomic E-state index is 14.3. The summed E-state index contributed by atoms with van der Waals surface area (Å²) in [5, 5.41) is 9.40. The van der Waals surface area contributed by atoms with E-state index in [1.807, 2.05) is 65.8 Å². The third-order valence-electron chi connectivity index (χ3n) is 8.97. The number of halogens is 1. The molecule has 42 heavy (non-hydrogen) atoms. The molecule has 0 aliphatic carbocycles. The summed E-state index contributed by atoms with van der Waals surface area (Å²) in [6.07, 6.45) is 0.714. The number of aromatic amines is 1. The fraction of sp³-hybridized carbons (Fsp3) is 0.581. The number of hydrogen-bond acceptors (Lipinski definition) is 5. The van der Waals surface area contributed by atoms with E-state index < -0.39 is 46.7 Å². The van der Waals surface area contributed by atoms with E-state index in [2.05, 4.69) is 20.9 Å². The molecule has 4 N–H and O–H groups in total. The summed E-state index contributed by atoms with van der Waals surface area (Å²) in [5.41, 5.74) is -0.170. The van der Waals surface area contributed by atoms with Gasteiger partial charge >= 0.3 is 0 Å². The number of nitrogens with zero attached hydrogens (tertiary/aromatic N) is 1. The number of hydrogen-bond donors (Lipinski definition) is 4. The van der Waals surface area contributed by atoms with E-state index in [9.17, 15) is 24.0 Å². The molecule has 4 rings (SSSR count). The Bertz CT molecular complexity index is 1350. The number of aromatic nitrogens is 1. The van der Waals surface area contributed by atoms with Gasteiger partial charge in [0.25, 0.3) is 5.91 Å². The molecule has 228 valence electrons. The number of Topliss-reactive ketones (excluding diaryl/α,β-unsaturated/α-hetero) is 1. The average Bonchev–Trinajstić information content (AvgIpc) is 3.60. The second-order valence-corrected chi connectivity index (χ2v) is 13.6. The number of nitrogens with one attached hydrogen (secondary N) is 4. The number of para-hydroxylation sites is 1. The lowest BCUT2D eigenvalue weighted by atomic mass is 9.77. The summed E-state index contributed by atoms with van der Waals surface area (Å²) in [4.78, 5) is 71.1. The zero-order valence-electron chi connectivity index (χ0n) is 25.2. The number of alkyl halides is 1. The molecular formula is C31H42ClN5O5. The largest absolute Gasteiger partial charge is 0.356 e. The van der Waals surface area contributed by atoms with Crippen molar-refractivity contribution in [2.24, 2.45) is 22.7 Å². The highest BCUT2D eigenvalue weighted by molar-refractivity contribution is 6.28. The fourth-order valence-electron chi connectivity index (χ4n) is 5.99. The zero-order valence-corrected chi connectivity index (χ0v) is 25.9. The molecule has 0 spiro atoms. The number of carbonyl (C=O) groups is 5. The van der Waals surface area contributed by atoms with Crippen LogP contribution in [-0.2, 0) is 19.2 Å². The van der Waals surface area contributed by atoms with Gasteiger partial charge in [0.15, 0.2) is 5.78 Å². The van der Waals surface area contributed by atoms with Gasteiger partial charge in [-0.1, -0.05) is 59.7 Å². The standard InChI is InChI=1S/C31H42ClN5O5/c1-17-16-37(25(31(17,5)6)28(41)35-21(23(38)15-32)14-19-11-12-33-26(19)39)29(42)24(30(2,3)4)36-27(40)22-13-18-9-7-8-10-20(18)34-22/h7-10,13,17,19,21,24-25,34H,11-12,14-16H2,1-6H3,(H,33,39)(H,35,41)(H,36,40)/t17-,19+,21+,24-,25-/m1/s1. The minimum Gasteiger partial charge on any atom is -0.356 e. The Labute approximate surface area is 251 Å². The second-order valence-electron chi connectivity index (χ2n) is 13.3. The summed E-state index contributed by atoms with van der Waals surface area (Å²) in [6, 6.07) is 6.47. The van der Waals surface area contributed by atoms with Gasteiger partial charge < -0.3 is 25.8 Å². The van der Waals surface area contributed by atoms with E-state index in [4.69, 9.17) is 11.6 Å². The monoisotopic (exact) mass is 599 g/mol. The van der Waals surface area contributed by atoms with Crippen molar-refractivity contribution in [2.75, 3.05) is 19.0 Å².